The molecule has 1 aromatic carbocycles. The van der Waals surface area contributed by atoms with Crippen LogP contribution in [0, 0.1) is 5.92 Å². The molecular weight excluding hydrogens is 224 g/mol. The van der Waals surface area contributed by atoms with Crippen molar-refractivity contribution in [3.8, 4) is 0 Å². The van der Waals surface area contributed by atoms with E-state index in [0.29, 0.717) is 12.3 Å². The predicted octanol–water partition coefficient (Wildman–Crippen LogP) is 2.41. The molecule has 1 atom stereocenters. The van der Waals surface area contributed by atoms with Gasteiger partial charge in [0.25, 0.3) is 0 Å². The van der Waals surface area contributed by atoms with E-state index in [0.717, 1.165) is 18.5 Å². The molecular formula is C15H24N2O. The van der Waals surface area contributed by atoms with Crippen molar-refractivity contribution in [3.05, 3.63) is 35.9 Å². The summed E-state index contributed by atoms with van der Waals surface area (Å²) in [7, 11) is 0. The molecule has 1 amide bonds. The Morgan fingerprint density at radius 2 is 1.94 bits per heavy atom. The van der Waals surface area contributed by atoms with E-state index in [1.807, 2.05) is 30.3 Å². The highest BCUT2D eigenvalue weighted by atomic mass is 16.1. The van der Waals surface area contributed by atoms with Gasteiger partial charge in [-0.2, -0.15) is 0 Å². The Hall–Kier alpha value is -1.35. The minimum absolute atomic E-state index is 0.296. The van der Waals surface area contributed by atoms with E-state index in [-0.39, 0.29) is 5.91 Å². The average molecular weight is 248 g/mol. The van der Waals surface area contributed by atoms with Crippen LogP contribution in [-0.2, 0) is 10.3 Å². The van der Waals surface area contributed by atoms with Crippen molar-refractivity contribution in [1.29, 1.82) is 0 Å². The van der Waals surface area contributed by atoms with Crippen LogP contribution >= 0.6 is 0 Å². The molecule has 0 aromatic heterocycles. The zero-order valence-electron chi connectivity index (χ0n) is 11.6. The van der Waals surface area contributed by atoms with Gasteiger partial charge in [-0.15, -0.1) is 0 Å². The maximum Gasteiger partial charge on any atom is 0.242 e. The van der Waals surface area contributed by atoms with Crippen molar-refractivity contribution in [2.24, 2.45) is 11.7 Å². The summed E-state index contributed by atoms with van der Waals surface area (Å²) in [6.45, 7) is 7.08. The summed E-state index contributed by atoms with van der Waals surface area (Å²) in [4.78, 5) is 12.0. The highest BCUT2D eigenvalue weighted by Crippen LogP contribution is 2.28. The molecule has 0 spiro atoms. The van der Waals surface area contributed by atoms with E-state index in [1.54, 1.807) is 0 Å². The second-order valence-electron chi connectivity index (χ2n) is 5.16. The Morgan fingerprint density at radius 3 is 2.39 bits per heavy atom. The van der Waals surface area contributed by atoms with Crippen molar-refractivity contribution in [1.82, 2.24) is 5.32 Å². The SMILES string of the molecule is CCCNC(CC(C)C)(C(N)=O)c1ccccc1. The van der Waals surface area contributed by atoms with Crippen LogP contribution in [0.2, 0.25) is 0 Å². The van der Waals surface area contributed by atoms with Gasteiger partial charge in [-0.05, 0) is 30.9 Å². The molecule has 0 aliphatic rings. The van der Waals surface area contributed by atoms with Crippen LogP contribution in [0.4, 0.5) is 0 Å². The van der Waals surface area contributed by atoms with E-state index in [1.165, 1.54) is 0 Å². The molecule has 0 radical (unpaired) electrons. The van der Waals surface area contributed by atoms with Gasteiger partial charge in [0.2, 0.25) is 5.91 Å². The standard InChI is InChI=1S/C15H24N2O/c1-4-10-17-15(14(16)18,11-12(2)3)13-8-6-5-7-9-13/h5-9,12,17H,4,10-11H2,1-3H3,(H2,16,18). The summed E-state index contributed by atoms with van der Waals surface area (Å²) < 4.78 is 0. The fourth-order valence-corrected chi connectivity index (χ4v) is 2.30. The van der Waals surface area contributed by atoms with E-state index in [4.69, 9.17) is 5.73 Å². The molecule has 1 unspecified atom stereocenters. The third-order valence-electron chi connectivity index (χ3n) is 3.08. The van der Waals surface area contributed by atoms with Crippen LogP contribution in [0.25, 0.3) is 0 Å². The highest BCUT2D eigenvalue weighted by molar-refractivity contribution is 5.86. The molecule has 3 nitrogen and oxygen atoms in total. The summed E-state index contributed by atoms with van der Waals surface area (Å²) in [5.41, 5.74) is 5.90. The van der Waals surface area contributed by atoms with Gasteiger partial charge in [0.15, 0.2) is 0 Å². The lowest BCUT2D eigenvalue weighted by molar-refractivity contribution is -0.125. The lowest BCUT2D eigenvalue weighted by Crippen LogP contribution is -2.53. The van der Waals surface area contributed by atoms with Crippen LogP contribution in [0.5, 0.6) is 0 Å². The van der Waals surface area contributed by atoms with Gasteiger partial charge in [-0.3, -0.25) is 10.1 Å². The molecule has 0 aliphatic carbocycles. The number of carbonyl (C=O) groups excluding carboxylic acids is 1. The molecule has 0 aliphatic heterocycles. The van der Waals surface area contributed by atoms with Gasteiger partial charge in [0.1, 0.15) is 5.54 Å². The first-order valence-corrected chi connectivity index (χ1v) is 6.63. The van der Waals surface area contributed by atoms with Gasteiger partial charge in [-0.1, -0.05) is 51.1 Å². The lowest BCUT2D eigenvalue weighted by atomic mass is 9.81. The number of nitrogens with one attached hydrogen (secondary N) is 1. The number of rotatable bonds is 7. The topological polar surface area (TPSA) is 55.1 Å². The normalized spacial score (nSPS) is 14.4. The monoisotopic (exact) mass is 248 g/mol. The largest absolute Gasteiger partial charge is 0.368 e. The van der Waals surface area contributed by atoms with Crippen molar-refractivity contribution in [2.75, 3.05) is 6.54 Å². The van der Waals surface area contributed by atoms with Gasteiger partial charge >= 0.3 is 0 Å². The maximum atomic E-state index is 12.0. The van der Waals surface area contributed by atoms with Crippen molar-refractivity contribution in [3.63, 3.8) is 0 Å². The lowest BCUT2D eigenvalue weighted by Gasteiger charge is -2.34. The molecule has 0 saturated carbocycles. The van der Waals surface area contributed by atoms with E-state index in [2.05, 4.69) is 26.1 Å². The number of benzene rings is 1. The van der Waals surface area contributed by atoms with Crippen LogP contribution in [0.3, 0.4) is 0 Å². The number of primary amides is 1. The average Bonchev–Trinajstić information content (AvgIpc) is 2.34. The molecule has 0 saturated heterocycles. The number of hydrogen-bond donors (Lipinski definition) is 2. The summed E-state index contributed by atoms with van der Waals surface area (Å²) in [6, 6.07) is 9.78. The van der Waals surface area contributed by atoms with Crippen molar-refractivity contribution in [2.45, 2.75) is 39.2 Å². The van der Waals surface area contributed by atoms with Crippen molar-refractivity contribution >= 4 is 5.91 Å². The van der Waals surface area contributed by atoms with Gasteiger partial charge < -0.3 is 5.73 Å². The fraction of sp³-hybridized carbons (Fsp3) is 0.533. The summed E-state index contributed by atoms with van der Waals surface area (Å²) in [6.07, 6.45) is 1.69. The fourth-order valence-electron chi connectivity index (χ4n) is 2.30. The Kier molecular flexibility index (Phi) is 5.35. The second kappa shape index (κ2) is 6.55. The van der Waals surface area contributed by atoms with Crippen LogP contribution < -0.4 is 11.1 Å². The molecule has 1 rings (SSSR count). The maximum absolute atomic E-state index is 12.0. The van der Waals surface area contributed by atoms with Crippen LogP contribution in [0.15, 0.2) is 30.3 Å². The molecule has 3 heteroatoms. The Morgan fingerprint density at radius 1 is 1.33 bits per heavy atom. The Bertz CT molecular complexity index is 375. The van der Waals surface area contributed by atoms with Gasteiger partial charge in [0.05, 0.1) is 0 Å². The minimum Gasteiger partial charge on any atom is -0.368 e. The first-order chi connectivity index (χ1) is 8.53. The summed E-state index contributed by atoms with van der Waals surface area (Å²) >= 11 is 0. The van der Waals surface area contributed by atoms with E-state index < -0.39 is 5.54 Å². The summed E-state index contributed by atoms with van der Waals surface area (Å²) in [5, 5.41) is 3.36. The second-order valence-corrected chi connectivity index (χ2v) is 5.16. The zero-order chi connectivity index (χ0) is 13.6. The van der Waals surface area contributed by atoms with E-state index in [9.17, 15) is 4.79 Å². The molecule has 1 aromatic rings. The van der Waals surface area contributed by atoms with E-state index >= 15 is 0 Å². The zero-order valence-corrected chi connectivity index (χ0v) is 11.6. The third-order valence-corrected chi connectivity index (χ3v) is 3.08. The number of carbonyl (C=O) groups is 1. The molecule has 18 heavy (non-hydrogen) atoms. The molecule has 100 valence electrons. The smallest absolute Gasteiger partial charge is 0.242 e. The molecule has 0 fully saturated rings. The highest BCUT2D eigenvalue weighted by Gasteiger charge is 2.38. The number of amides is 1. The molecule has 0 bridgehead atoms. The first kappa shape index (κ1) is 14.7. The Balaban J connectivity index is 3.15. The molecule has 3 N–H and O–H groups in total. The van der Waals surface area contributed by atoms with Crippen LogP contribution in [-0.4, -0.2) is 12.5 Å². The number of nitrogens with two attached hydrogens (primary N) is 1. The predicted molar refractivity (Wildman–Crippen MR) is 75.1 cm³/mol. The first-order valence-electron chi connectivity index (χ1n) is 6.63. The Labute approximate surface area is 110 Å². The number of hydrogen-bond acceptors (Lipinski definition) is 2. The third kappa shape index (κ3) is 3.33. The molecule has 0 heterocycles. The quantitative estimate of drug-likeness (QED) is 0.778. The van der Waals surface area contributed by atoms with Gasteiger partial charge in [0, 0.05) is 0 Å². The van der Waals surface area contributed by atoms with Gasteiger partial charge in [-0.25, -0.2) is 0 Å². The minimum atomic E-state index is -0.745. The van der Waals surface area contributed by atoms with Crippen LogP contribution in [0.1, 0.15) is 39.2 Å². The summed E-state index contributed by atoms with van der Waals surface area (Å²) in [5.74, 6) is 0.0953. The van der Waals surface area contributed by atoms with Crippen molar-refractivity contribution < 1.29 is 4.79 Å².